The molecule has 0 amide bonds. The van der Waals surface area contributed by atoms with E-state index in [2.05, 4.69) is 64.9 Å². The van der Waals surface area contributed by atoms with Gasteiger partial charge in [0.05, 0.1) is 13.2 Å². The number of rotatable bonds is 20. The van der Waals surface area contributed by atoms with Crippen LogP contribution in [0.4, 0.5) is 5.69 Å². The molecule has 0 bridgehead atoms. The molecule has 0 radical (unpaired) electrons. The van der Waals surface area contributed by atoms with Gasteiger partial charge in [-0.2, -0.15) is 0 Å². The summed E-state index contributed by atoms with van der Waals surface area (Å²) >= 11 is 0. The lowest BCUT2D eigenvalue weighted by atomic mass is 9.68. The molecular weight excluding hydrogens is 644 g/mol. The summed E-state index contributed by atoms with van der Waals surface area (Å²) in [6.07, 6.45) is 9.12. The number of nitrogens with zero attached hydrogens (tertiary/aromatic N) is 2. The van der Waals surface area contributed by atoms with Crippen molar-refractivity contribution in [2.24, 2.45) is 5.92 Å². The van der Waals surface area contributed by atoms with Crippen molar-refractivity contribution >= 4 is 18.3 Å². The number of phenolic OH excluding ortho intramolecular Hbond substituents is 2. The van der Waals surface area contributed by atoms with Crippen molar-refractivity contribution in [2.45, 2.75) is 50.4 Å². The van der Waals surface area contributed by atoms with Gasteiger partial charge in [-0.15, -0.1) is 0 Å². The molecule has 1 aliphatic heterocycles. The number of likely N-dealkylation sites (N-methyl/N-ethyl adjacent to an activating group) is 2. The van der Waals surface area contributed by atoms with E-state index in [0.717, 1.165) is 74.5 Å². The minimum Gasteiger partial charge on any atom is -0.508 e. The fourth-order valence-electron chi connectivity index (χ4n) is 7.37. The summed E-state index contributed by atoms with van der Waals surface area (Å²) in [4.78, 5) is 25.6. The van der Waals surface area contributed by atoms with Crippen LogP contribution in [0.2, 0.25) is 0 Å². The number of hydrogen-bond acceptors (Lipinski definition) is 10. The minimum absolute atomic E-state index is 0.0233. The van der Waals surface area contributed by atoms with Crippen molar-refractivity contribution in [1.82, 2.24) is 15.1 Å². The van der Waals surface area contributed by atoms with E-state index < -0.39 is 0 Å². The molecular formula is C41H58N4O6. The van der Waals surface area contributed by atoms with Gasteiger partial charge in [0.2, 0.25) is 0 Å². The highest BCUT2D eigenvalue weighted by Crippen LogP contribution is 2.44. The van der Waals surface area contributed by atoms with E-state index >= 15 is 0 Å². The van der Waals surface area contributed by atoms with Crippen molar-refractivity contribution in [3.8, 4) is 17.2 Å². The molecule has 278 valence electrons. The quantitative estimate of drug-likeness (QED) is 0.0724. The molecule has 1 saturated heterocycles. The maximum absolute atomic E-state index is 10.6. The number of anilines is 1. The van der Waals surface area contributed by atoms with Gasteiger partial charge in [-0.3, -0.25) is 4.79 Å². The molecule has 0 aromatic heterocycles. The summed E-state index contributed by atoms with van der Waals surface area (Å²) in [5, 5.41) is 26.9. The van der Waals surface area contributed by atoms with Crippen LogP contribution < -0.4 is 15.4 Å². The van der Waals surface area contributed by atoms with Crippen molar-refractivity contribution in [1.29, 1.82) is 0 Å². The zero-order valence-electron chi connectivity index (χ0n) is 30.7. The Morgan fingerprint density at radius 3 is 2.37 bits per heavy atom. The molecule has 3 aromatic rings. The van der Waals surface area contributed by atoms with Gasteiger partial charge < -0.3 is 44.9 Å². The van der Waals surface area contributed by atoms with Gasteiger partial charge in [0, 0.05) is 57.2 Å². The van der Waals surface area contributed by atoms with Crippen LogP contribution in [0.15, 0.2) is 60.7 Å². The van der Waals surface area contributed by atoms with Gasteiger partial charge >= 0.3 is 0 Å². The van der Waals surface area contributed by atoms with Gasteiger partial charge in [-0.1, -0.05) is 61.4 Å². The van der Waals surface area contributed by atoms with E-state index in [1.54, 1.807) is 19.2 Å². The summed E-state index contributed by atoms with van der Waals surface area (Å²) in [7, 11) is 6.03. The third-order valence-corrected chi connectivity index (χ3v) is 9.95. The van der Waals surface area contributed by atoms with Crippen LogP contribution in [0.3, 0.4) is 0 Å². The zero-order chi connectivity index (χ0) is 36.5. The molecule has 10 heteroatoms. The predicted molar refractivity (Wildman–Crippen MR) is 203 cm³/mol. The molecule has 1 aliphatic carbocycles. The molecule has 0 atom stereocenters. The van der Waals surface area contributed by atoms with Crippen LogP contribution in [-0.2, 0) is 32.6 Å². The lowest BCUT2D eigenvalue weighted by molar-refractivity contribution is -0.110. The molecule has 1 heterocycles. The lowest BCUT2D eigenvalue weighted by Gasteiger charge is -2.49. The molecule has 0 spiro atoms. The highest BCUT2D eigenvalue weighted by atomic mass is 16.5. The van der Waals surface area contributed by atoms with E-state index in [1.165, 1.54) is 37.8 Å². The Kier molecular flexibility index (Phi) is 16.2. The molecule has 2 fully saturated rings. The largest absolute Gasteiger partial charge is 0.508 e. The number of carbonyl (C=O) groups is 2. The Hall–Kier alpha value is -3.96. The average molecular weight is 703 g/mol. The second-order valence-electron chi connectivity index (χ2n) is 13.9. The van der Waals surface area contributed by atoms with Crippen LogP contribution in [-0.4, -0.2) is 113 Å². The number of nitrogens with one attached hydrogen (secondary N) is 2. The number of likely N-dealkylation sites (tertiary alicyclic amines) is 1. The van der Waals surface area contributed by atoms with E-state index in [0.29, 0.717) is 43.1 Å². The normalized spacial score (nSPS) is 15.5. The SMILES string of the molecule is CN1CC(c2ccccc2)(c2cc(CCOCCC=O)ccc2O)C1.CNc1c(O)ccc(CCNCCN(C)CC2CCCC2)c1OCC=O. The minimum atomic E-state index is -0.158. The third kappa shape index (κ3) is 11.5. The monoisotopic (exact) mass is 702 g/mol. The highest BCUT2D eigenvalue weighted by Gasteiger charge is 2.45. The lowest BCUT2D eigenvalue weighted by Crippen LogP contribution is -2.58. The predicted octanol–water partition coefficient (Wildman–Crippen LogP) is 5.04. The number of aromatic hydroxyl groups is 2. The Morgan fingerprint density at radius 1 is 0.941 bits per heavy atom. The first kappa shape index (κ1) is 39.8. The fraction of sp³-hybridized carbons (Fsp3) is 0.512. The third-order valence-electron chi connectivity index (χ3n) is 9.95. The molecule has 0 unspecified atom stereocenters. The van der Waals surface area contributed by atoms with Crippen molar-refractivity contribution in [2.75, 3.05) is 85.5 Å². The Morgan fingerprint density at radius 2 is 1.69 bits per heavy atom. The molecule has 1 saturated carbocycles. The van der Waals surface area contributed by atoms with Crippen LogP contribution in [0, 0.1) is 5.92 Å². The zero-order valence-corrected chi connectivity index (χ0v) is 30.7. The van der Waals surface area contributed by atoms with Gasteiger partial charge in [0.1, 0.15) is 35.8 Å². The number of benzene rings is 3. The Bertz CT molecular complexity index is 1490. The topological polar surface area (TPSA) is 124 Å². The summed E-state index contributed by atoms with van der Waals surface area (Å²) < 4.78 is 11.0. The Labute approximate surface area is 304 Å². The van der Waals surface area contributed by atoms with Crippen LogP contribution in [0.25, 0.3) is 0 Å². The highest BCUT2D eigenvalue weighted by molar-refractivity contribution is 5.69. The van der Waals surface area contributed by atoms with Gasteiger partial charge in [-0.25, -0.2) is 0 Å². The summed E-state index contributed by atoms with van der Waals surface area (Å²) in [5.41, 5.74) is 4.71. The molecule has 3 aromatic carbocycles. The number of hydrogen-bond donors (Lipinski definition) is 4. The maximum atomic E-state index is 10.6. The number of ether oxygens (including phenoxy) is 2. The summed E-state index contributed by atoms with van der Waals surface area (Å²) in [6.45, 7) is 6.83. The average Bonchev–Trinajstić information content (AvgIpc) is 3.64. The fourth-order valence-corrected chi connectivity index (χ4v) is 7.37. The van der Waals surface area contributed by atoms with E-state index in [1.807, 2.05) is 18.2 Å². The molecule has 51 heavy (non-hydrogen) atoms. The van der Waals surface area contributed by atoms with Crippen molar-refractivity contribution in [3.05, 3.63) is 82.9 Å². The van der Waals surface area contributed by atoms with Gasteiger partial charge in [0.25, 0.3) is 0 Å². The first-order valence-electron chi connectivity index (χ1n) is 18.4. The van der Waals surface area contributed by atoms with E-state index in [-0.39, 0.29) is 17.8 Å². The molecule has 4 N–H and O–H groups in total. The molecule has 2 aliphatic rings. The van der Waals surface area contributed by atoms with Crippen molar-refractivity contribution < 1.29 is 29.3 Å². The smallest absolute Gasteiger partial charge is 0.157 e. The summed E-state index contributed by atoms with van der Waals surface area (Å²) in [5.74, 6) is 1.91. The Balaban J connectivity index is 0.000000229. The van der Waals surface area contributed by atoms with E-state index in [9.17, 15) is 19.8 Å². The number of carbonyl (C=O) groups excluding carboxylic acids is 2. The second-order valence-corrected chi connectivity index (χ2v) is 13.9. The summed E-state index contributed by atoms with van der Waals surface area (Å²) in [6, 6.07) is 19.8. The van der Waals surface area contributed by atoms with Gasteiger partial charge in [-0.05, 0) is 81.1 Å². The first-order valence-corrected chi connectivity index (χ1v) is 18.4. The van der Waals surface area contributed by atoms with Crippen LogP contribution >= 0.6 is 0 Å². The molecule has 10 nitrogen and oxygen atoms in total. The van der Waals surface area contributed by atoms with Crippen molar-refractivity contribution in [3.63, 3.8) is 0 Å². The number of aldehydes is 2. The number of phenols is 2. The second kappa shape index (κ2) is 20.8. The van der Waals surface area contributed by atoms with Crippen LogP contribution in [0.1, 0.15) is 54.4 Å². The first-order chi connectivity index (χ1) is 24.8. The van der Waals surface area contributed by atoms with Crippen LogP contribution in [0.5, 0.6) is 17.2 Å². The van der Waals surface area contributed by atoms with E-state index in [4.69, 9.17) is 9.47 Å². The van der Waals surface area contributed by atoms with Gasteiger partial charge in [0.15, 0.2) is 6.29 Å². The molecule has 5 rings (SSSR count). The maximum Gasteiger partial charge on any atom is 0.157 e. The standard InChI is InChI=1S/C21H25NO3.C20H33N3O3/c1-22-15-21(16-22,18-6-3-2-4-7-18)19-14-17(8-9-20(19)24)10-13-25-12-5-11-23;1-21-19-18(25)8-7-17(20(19)26-14-13-24)9-10-22-11-12-23(2)15-16-5-3-4-6-16/h2-4,6-9,11,14,24H,5,10,12-13,15-16H2,1H3;7-8,13,16,21-22,25H,3-6,9-12,14-15H2,1-2H3.